The van der Waals surface area contributed by atoms with Crippen molar-refractivity contribution in [3.05, 3.63) is 21.4 Å². The molecule has 0 aromatic carbocycles. The van der Waals surface area contributed by atoms with E-state index in [9.17, 15) is 0 Å². The summed E-state index contributed by atoms with van der Waals surface area (Å²) in [5, 5.41) is 3.09. The minimum atomic E-state index is 0.345. The Morgan fingerprint density at radius 2 is 2.38 bits per heavy atom. The molecule has 3 N–H and O–H groups in total. The van der Waals surface area contributed by atoms with Crippen LogP contribution in [0.15, 0.2) is 11.1 Å². The van der Waals surface area contributed by atoms with E-state index in [1.54, 1.807) is 4.88 Å². The van der Waals surface area contributed by atoms with Crippen molar-refractivity contribution in [2.75, 3.05) is 0 Å². The van der Waals surface area contributed by atoms with E-state index in [0.717, 1.165) is 0 Å². The first-order chi connectivity index (χ1) is 7.65. The Kier molecular flexibility index (Phi) is 3.49. The fourth-order valence-electron chi connectivity index (χ4n) is 1.97. The molecule has 0 aliphatic heterocycles. The second-order valence-electron chi connectivity index (χ2n) is 4.52. The van der Waals surface area contributed by atoms with Crippen LogP contribution in [0.5, 0.6) is 0 Å². The standard InChI is InChI=1S/C12H19N3S/c1-8(2)15-12(13)14-7-10-6-9-4-3-5-11(9)16-10/h6,8H,3-5,7H2,1-2H3,(H3,13,14,15). The molecule has 3 nitrogen and oxygen atoms in total. The van der Waals surface area contributed by atoms with Crippen LogP contribution in [-0.4, -0.2) is 12.0 Å². The highest BCUT2D eigenvalue weighted by molar-refractivity contribution is 7.12. The molecule has 16 heavy (non-hydrogen) atoms. The van der Waals surface area contributed by atoms with Gasteiger partial charge in [0.05, 0.1) is 6.54 Å². The molecule has 0 bridgehead atoms. The van der Waals surface area contributed by atoms with Gasteiger partial charge in [0.2, 0.25) is 0 Å². The van der Waals surface area contributed by atoms with E-state index in [1.165, 1.54) is 29.7 Å². The van der Waals surface area contributed by atoms with Crippen LogP contribution < -0.4 is 11.1 Å². The van der Waals surface area contributed by atoms with Crippen LogP contribution >= 0.6 is 11.3 Å². The molecule has 0 radical (unpaired) electrons. The number of aliphatic imine (C=N–C) groups is 1. The number of guanidine groups is 1. The normalized spacial score (nSPS) is 15.6. The van der Waals surface area contributed by atoms with Gasteiger partial charge in [-0.3, -0.25) is 0 Å². The molecule has 4 heteroatoms. The van der Waals surface area contributed by atoms with Crippen molar-refractivity contribution in [1.82, 2.24) is 5.32 Å². The van der Waals surface area contributed by atoms with Gasteiger partial charge in [-0.2, -0.15) is 0 Å². The van der Waals surface area contributed by atoms with Crippen molar-refractivity contribution >= 4 is 17.3 Å². The molecule has 1 aromatic heterocycles. The number of thiophene rings is 1. The fraction of sp³-hybridized carbons (Fsp3) is 0.583. The van der Waals surface area contributed by atoms with Crippen molar-refractivity contribution in [2.24, 2.45) is 10.7 Å². The predicted molar refractivity (Wildman–Crippen MR) is 69.9 cm³/mol. The van der Waals surface area contributed by atoms with Crippen LogP contribution in [0.25, 0.3) is 0 Å². The Morgan fingerprint density at radius 3 is 3.06 bits per heavy atom. The number of rotatable bonds is 3. The lowest BCUT2D eigenvalue weighted by atomic mass is 10.2. The van der Waals surface area contributed by atoms with Crippen LogP contribution in [0.1, 0.15) is 35.6 Å². The number of hydrogen-bond donors (Lipinski definition) is 2. The Bertz CT molecular complexity index is 371. The molecular formula is C12H19N3S. The van der Waals surface area contributed by atoms with Crippen molar-refractivity contribution < 1.29 is 0 Å². The maximum Gasteiger partial charge on any atom is 0.189 e. The van der Waals surface area contributed by atoms with Crippen molar-refractivity contribution in [3.63, 3.8) is 0 Å². The van der Waals surface area contributed by atoms with E-state index in [2.05, 4.69) is 30.2 Å². The summed E-state index contributed by atoms with van der Waals surface area (Å²) < 4.78 is 0. The average molecular weight is 237 g/mol. The second kappa shape index (κ2) is 4.87. The lowest BCUT2D eigenvalue weighted by Gasteiger charge is -2.07. The van der Waals surface area contributed by atoms with E-state index >= 15 is 0 Å². The van der Waals surface area contributed by atoms with Gasteiger partial charge in [0.25, 0.3) is 0 Å². The van der Waals surface area contributed by atoms with Crippen LogP contribution in [0.3, 0.4) is 0 Å². The molecule has 2 rings (SSSR count). The maximum absolute atomic E-state index is 5.76. The molecule has 1 aliphatic rings. The van der Waals surface area contributed by atoms with Crippen LogP contribution in [-0.2, 0) is 19.4 Å². The van der Waals surface area contributed by atoms with Gasteiger partial charge in [-0.1, -0.05) is 0 Å². The topological polar surface area (TPSA) is 50.4 Å². The molecule has 0 spiro atoms. The van der Waals surface area contributed by atoms with E-state index in [0.29, 0.717) is 18.5 Å². The zero-order chi connectivity index (χ0) is 11.5. The first kappa shape index (κ1) is 11.5. The number of hydrogen-bond acceptors (Lipinski definition) is 2. The summed E-state index contributed by atoms with van der Waals surface area (Å²) in [7, 11) is 0. The third kappa shape index (κ3) is 2.76. The molecule has 0 atom stereocenters. The molecule has 0 saturated carbocycles. The van der Waals surface area contributed by atoms with E-state index in [1.807, 2.05) is 11.3 Å². The third-order valence-corrected chi connectivity index (χ3v) is 3.86. The van der Waals surface area contributed by atoms with Crippen LogP contribution in [0, 0.1) is 0 Å². The average Bonchev–Trinajstić information content (AvgIpc) is 2.72. The quantitative estimate of drug-likeness (QED) is 0.624. The number of aryl methyl sites for hydroxylation is 2. The van der Waals surface area contributed by atoms with Gasteiger partial charge < -0.3 is 11.1 Å². The molecule has 0 saturated heterocycles. The third-order valence-electron chi connectivity index (χ3n) is 2.64. The smallest absolute Gasteiger partial charge is 0.189 e. The summed E-state index contributed by atoms with van der Waals surface area (Å²) in [5.74, 6) is 0.545. The monoisotopic (exact) mass is 237 g/mol. The Balaban J connectivity index is 1.94. The van der Waals surface area contributed by atoms with Gasteiger partial charge in [-0.25, -0.2) is 4.99 Å². The summed E-state index contributed by atoms with van der Waals surface area (Å²) in [6, 6.07) is 2.64. The van der Waals surface area contributed by atoms with Gasteiger partial charge in [0.1, 0.15) is 0 Å². The molecule has 1 aliphatic carbocycles. The lowest BCUT2D eigenvalue weighted by Crippen LogP contribution is -2.36. The van der Waals surface area contributed by atoms with Crippen molar-refractivity contribution in [2.45, 2.75) is 45.7 Å². The van der Waals surface area contributed by atoms with E-state index in [4.69, 9.17) is 5.73 Å². The summed E-state index contributed by atoms with van der Waals surface area (Å²) in [6.07, 6.45) is 3.82. The number of fused-ring (bicyclic) bond motifs is 1. The van der Waals surface area contributed by atoms with Crippen LogP contribution in [0.4, 0.5) is 0 Å². The fourth-order valence-corrected chi connectivity index (χ4v) is 3.16. The first-order valence-corrected chi connectivity index (χ1v) is 6.63. The number of nitrogens with one attached hydrogen (secondary N) is 1. The number of nitrogens with zero attached hydrogens (tertiary/aromatic N) is 1. The summed E-state index contributed by atoms with van der Waals surface area (Å²) >= 11 is 1.89. The summed E-state index contributed by atoms with van der Waals surface area (Å²) in [4.78, 5) is 7.23. The zero-order valence-corrected chi connectivity index (χ0v) is 10.7. The number of nitrogens with two attached hydrogens (primary N) is 1. The summed E-state index contributed by atoms with van der Waals surface area (Å²) in [5.41, 5.74) is 7.29. The molecule has 1 aromatic rings. The maximum atomic E-state index is 5.76. The van der Waals surface area contributed by atoms with Gasteiger partial charge in [-0.15, -0.1) is 11.3 Å². The Morgan fingerprint density at radius 1 is 1.56 bits per heavy atom. The molecule has 0 unspecified atom stereocenters. The van der Waals surface area contributed by atoms with Gasteiger partial charge in [-0.05, 0) is 44.7 Å². The first-order valence-electron chi connectivity index (χ1n) is 5.82. The lowest BCUT2D eigenvalue weighted by molar-refractivity contribution is 0.724. The highest BCUT2D eigenvalue weighted by atomic mass is 32.1. The van der Waals surface area contributed by atoms with Gasteiger partial charge in [0.15, 0.2) is 5.96 Å². The second-order valence-corrected chi connectivity index (χ2v) is 5.74. The van der Waals surface area contributed by atoms with Crippen molar-refractivity contribution in [3.8, 4) is 0 Å². The van der Waals surface area contributed by atoms with Crippen LogP contribution in [0.2, 0.25) is 0 Å². The minimum absolute atomic E-state index is 0.345. The minimum Gasteiger partial charge on any atom is -0.370 e. The zero-order valence-electron chi connectivity index (χ0n) is 9.92. The molecule has 0 amide bonds. The predicted octanol–water partition coefficient (Wildman–Crippen LogP) is 2.05. The SMILES string of the molecule is CC(C)NC(N)=NCc1cc2c(s1)CCC2. The molecule has 0 fully saturated rings. The highest BCUT2D eigenvalue weighted by Gasteiger charge is 2.14. The highest BCUT2D eigenvalue weighted by Crippen LogP contribution is 2.30. The largest absolute Gasteiger partial charge is 0.370 e. The summed E-state index contributed by atoms with van der Waals surface area (Å²) in [6.45, 7) is 4.83. The van der Waals surface area contributed by atoms with Crippen molar-refractivity contribution in [1.29, 1.82) is 0 Å². The van der Waals surface area contributed by atoms with E-state index in [-0.39, 0.29) is 0 Å². The van der Waals surface area contributed by atoms with E-state index < -0.39 is 0 Å². The van der Waals surface area contributed by atoms with Gasteiger partial charge in [0, 0.05) is 15.8 Å². The molecule has 88 valence electrons. The Hall–Kier alpha value is -1.03. The molecule has 1 heterocycles. The molecular weight excluding hydrogens is 218 g/mol. The Labute approximate surface area is 101 Å². The van der Waals surface area contributed by atoms with Gasteiger partial charge >= 0.3 is 0 Å².